The van der Waals surface area contributed by atoms with Crippen LogP contribution in [0.1, 0.15) is 38.0 Å². The van der Waals surface area contributed by atoms with Crippen molar-refractivity contribution >= 4 is 27.3 Å². The van der Waals surface area contributed by atoms with Gasteiger partial charge in [-0.05, 0) is 40.3 Å². The van der Waals surface area contributed by atoms with E-state index in [9.17, 15) is 0 Å². The summed E-state index contributed by atoms with van der Waals surface area (Å²) in [5, 5.41) is 5.84. The van der Waals surface area contributed by atoms with Crippen molar-refractivity contribution in [3.05, 3.63) is 20.8 Å². The highest BCUT2D eigenvalue weighted by atomic mass is 79.9. The summed E-state index contributed by atoms with van der Waals surface area (Å²) in [6.45, 7) is 5.77. The lowest BCUT2D eigenvalue weighted by Gasteiger charge is -2.27. The first kappa shape index (κ1) is 11.6. The molecule has 0 spiro atoms. The summed E-state index contributed by atoms with van der Waals surface area (Å²) < 4.78 is 1.20. The number of nitrogens with one attached hydrogen (secondary N) is 1. The molecule has 1 unspecified atom stereocenters. The summed E-state index contributed by atoms with van der Waals surface area (Å²) in [6, 6.07) is 2.90. The molecule has 1 atom stereocenters. The zero-order chi connectivity index (χ0) is 10.9. The summed E-state index contributed by atoms with van der Waals surface area (Å²) >= 11 is 5.31. The van der Waals surface area contributed by atoms with Crippen LogP contribution in [0.4, 0.5) is 0 Å². The Kier molecular flexibility index (Phi) is 3.53. The third-order valence-electron chi connectivity index (χ3n) is 3.40. The molecule has 0 aromatic carbocycles. The van der Waals surface area contributed by atoms with Crippen molar-refractivity contribution in [1.82, 2.24) is 5.32 Å². The summed E-state index contributed by atoms with van der Waals surface area (Å²) in [7, 11) is 0. The van der Waals surface area contributed by atoms with Crippen LogP contribution in [0.3, 0.4) is 0 Å². The van der Waals surface area contributed by atoms with Crippen molar-refractivity contribution in [3.63, 3.8) is 0 Å². The molecule has 1 aliphatic rings. The quantitative estimate of drug-likeness (QED) is 0.880. The third kappa shape index (κ3) is 2.83. The molecule has 1 aliphatic carbocycles. The lowest BCUT2D eigenvalue weighted by atomic mass is 9.87. The predicted molar refractivity (Wildman–Crippen MR) is 70.3 cm³/mol. The topological polar surface area (TPSA) is 12.0 Å². The van der Waals surface area contributed by atoms with Gasteiger partial charge in [0.05, 0.1) is 0 Å². The van der Waals surface area contributed by atoms with E-state index in [2.05, 4.69) is 46.5 Å². The van der Waals surface area contributed by atoms with Crippen LogP contribution >= 0.6 is 27.3 Å². The number of hydrogen-bond acceptors (Lipinski definition) is 2. The van der Waals surface area contributed by atoms with E-state index in [4.69, 9.17) is 0 Å². The maximum Gasteiger partial charge on any atom is 0.0302 e. The van der Waals surface area contributed by atoms with Crippen molar-refractivity contribution in [2.24, 2.45) is 5.41 Å². The molecule has 1 N–H and O–H groups in total. The Bertz CT molecular complexity index is 332. The fraction of sp³-hybridized carbons (Fsp3) is 0.667. The Morgan fingerprint density at radius 3 is 2.93 bits per heavy atom. The molecule has 2 rings (SSSR count). The molecule has 1 fully saturated rings. The molecule has 1 nitrogen and oxygen atoms in total. The zero-order valence-electron chi connectivity index (χ0n) is 9.35. The highest BCUT2D eigenvalue weighted by Crippen LogP contribution is 2.37. The summed E-state index contributed by atoms with van der Waals surface area (Å²) in [5.74, 6) is 0. The maximum absolute atomic E-state index is 3.69. The van der Waals surface area contributed by atoms with Gasteiger partial charge in [-0.25, -0.2) is 0 Å². The largest absolute Gasteiger partial charge is 0.309 e. The van der Waals surface area contributed by atoms with E-state index in [0.717, 1.165) is 6.54 Å². The number of thiophene rings is 1. The van der Waals surface area contributed by atoms with Gasteiger partial charge in [-0.15, -0.1) is 11.3 Å². The van der Waals surface area contributed by atoms with E-state index in [-0.39, 0.29) is 0 Å². The summed E-state index contributed by atoms with van der Waals surface area (Å²) in [5.41, 5.74) is 0.481. The Labute approximate surface area is 104 Å². The van der Waals surface area contributed by atoms with E-state index in [1.54, 1.807) is 0 Å². The Morgan fingerprint density at radius 1 is 1.60 bits per heavy atom. The molecule has 15 heavy (non-hydrogen) atoms. The minimum absolute atomic E-state index is 0.481. The minimum atomic E-state index is 0.481. The van der Waals surface area contributed by atoms with E-state index in [1.807, 2.05) is 11.3 Å². The van der Waals surface area contributed by atoms with Crippen molar-refractivity contribution in [2.45, 2.75) is 45.7 Å². The maximum atomic E-state index is 3.69. The number of rotatable bonds is 3. The molecular weight excluding hydrogens is 270 g/mol. The average Bonchev–Trinajstić information content (AvgIpc) is 2.69. The molecule has 0 bridgehead atoms. The fourth-order valence-corrected chi connectivity index (χ4v) is 3.78. The first-order chi connectivity index (χ1) is 7.08. The summed E-state index contributed by atoms with van der Waals surface area (Å²) in [6.07, 6.45) is 4.07. The first-order valence-corrected chi connectivity index (χ1v) is 7.21. The molecule has 0 radical (unpaired) electrons. The van der Waals surface area contributed by atoms with Gasteiger partial charge in [0.1, 0.15) is 0 Å². The van der Waals surface area contributed by atoms with Crippen molar-refractivity contribution < 1.29 is 0 Å². The van der Waals surface area contributed by atoms with E-state index in [0.29, 0.717) is 11.5 Å². The van der Waals surface area contributed by atoms with Gasteiger partial charge in [-0.1, -0.05) is 20.3 Å². The van der Waals surface area contributed by atoms with Gasteiger partial charge in [-0.2, -0.15) is 0 Å². The fourth-order valence-electron chi connectivity index (χ4n) is 2.38. The van der Waals surface area contributed by atoms with Gasteiger partial charge >= 0.3 is 0 Å². The van der Waals surface area contributed by atoms with Crippen molar-refractivity contribution in [1.29, 1.82) is 0 Å². The van der Waals surface area contributed by atoms with E-state index < -0.39 is 0 Å². The number of halogens is 1. The second kappa shape index (κ2) is 4.56. The van der Waals surface area contributed by atoms with E-state index in [1.165, 1.54) is 28.6 Å². The molecule has 1 aromatic heterocycles. The van der Waals surface area contributed by atoms with Crippen LogP contribution in [0.15, 0.2) is 15.9 Å². The Hall–Kier alpha value is 0.140. The molecule has 3 heteroatoms. The van der Waals surface area contributed by atoms with Crippen LogP contribution in [-0.2, 0) is 6.54 Å². The number of hydrogen-bond donors (Lipinski definition) is 1. The third-order valence-corrected chi connectivity index (χ3v) is 5.10. The van der Waals surface area contributed by atoms with Crippen LogP contribution in [-0.4, -0.2) is 6.04 Å². The van der Waals surface area contributed by atoms with Gasteiger partial charge in [-0.3, -0.25) is 0 Å². The van der Waals surface area contributed by atoms with Crippen LogP contribution in [0.25, 0.3) is 0 Å². The normalized spacial score (nSPS) is 24.6. The Balaban J connectivity index is 1.88. The van der Waals surface area contributed by atoms with Crippen molar-refractivity contribution in [3.8, 4) is 0 Å². The standard InChI is InChI=1S/C12H18BrNS/c1-12(2)5-3-4-11(12)14-7-10-6-9(13)8-15-10/h6,8,11,14H,3-5,7H2,1-2H3. The van der Waals surface area contributed by atoms with Crippen LogP contribution in [0.5, 0.6) is 0 Å². The Morgan fingerprint density at radius 2 is 2.40 bits per heavy atom. The first-order valence-electron chi connectivity index (χ1n) is 5.54. The SMILES string of the molecule is CC1(C)CCCC1NCc1cc(Br)cs1. The van der Waals surface area contributed by atoms with Gasteiger partial charge in [0.15, 0.2) is 0 Å². The second-order valence-corrected chi connectivity index (χ2v) is 6.96. The molecule has 0 saturated heterocycles. The highest BCUT2D eigenvalue weighted by Gasteiger charge is 2.33. The van der Waals surface area contributed by atoms with Gasteiger partial charge < -0.3 is 5.32 Å². The van der Waals surface area contributed by atoms with Gasteiger partial charge in [0.25, 0.3) is 0 Å². The predicted octanol–water partition coefficient (Wildman–Crippen LogP) is 4.18. The minimum Gasteiger partial charge on any atom is -0.309 e. The van der Waals surface area contributed by atoms with Crippen LogP contribution < -0.4 is 5.32 Å². The monoisotopic (exact) mass is 287 g/mol. The molecule has 1 heterocycles. The van der Waals surface area contributed by atoms with E-state index >= 15 is 0 Å². The molecule has 1 saturated carbocycles. The lowest BCUT2D eigenvalue weighted by molar-refractivity contribution is 0.283. The second-order valence-electron chi connectivity index (χ2n) is 5.05. The average molecular weight is 288 g/mol. The van der Waals surface area contributed by atoms with Gasteiger partial charge in [0, 0.05) is 27.3 Å². The lowest BCUT2D eigenvalue weighted by Crippen LogP contribution is -2.36. The van der Waals surface area contributed by atoms with Crippen molar-refractivity contribution in [2.75, 3.05) is 0 Å². The molecule has 0 amide bonds. The smallest absolute Gasteiger partial charge is 0.0302 e. The highest BCUT2D eigenvalue weighted by molar-refractivity contribution is 9.10. The zero-order valence-corrected chi connectivity index (χ0v) is 11.7. The molecule has 1 aromatic rings. The molecular formula is C12H18BrNS. The van der Waals surface area contributed by atoms with Crippen LogP contribution in [0.2, 0.25) is 0 Å². The molecule has 0 aliphatic heterocycles. The summed E-state index contributed by atoms with van der Waals surface area (Å²) in [4.78, 5) is 1.42. The molecule has 84 valence electrons. The van der Waals surface area contributed by atoms with Crippen LogP contribution in [0, 0.1) is 5.41 Å². The van der Waals surface area contributed by atoms with Gasteiger partial charge in [0.2, 0.25) is 0 Å².